The summed E-state index contributed by atoms with van der Waals surface area (Å²) in [5.74, 6) is 0. The first-order chi connectivity index (χ1) is 9.47. The van der Waals surface area contributed by atoms with Crippen molar-refractivity contribution in [2.75, 3.05) is 11.9 Å². The van der Waals surface area contributed by atoms with Crippen molar-refractivity contribution in [2.24, 2.45) is 5.73 Å². The van der Waals surface area contributed by atoms with Gasteiger partial charge < -0.3 is 10.6 Å². The molecule has 1 aromatic heterocycles. The van der Waals surface area contributed by atoms with E-state index in [2.05, 4.69) is 25.8 Å². The van der Waals surface area contributed by atoms with Gasteiger partial charge in [-0.15, -0.1) is 0 Å². The van der Waals surface area contributed by atoms with Gasteiger partial charge in [0.15, 0.2) is 0 Å². The summed E-state index contributed by atoms with van der Waals surface area (Å²) >= 11 is 8.55. The van der Waals surface area contributed by atoms with E-state index in [1.54, 1.807) is 0 Å². The fourth-order valence-electron chi connectivity index (χ4n) is 1.99. The highest BCUT2D eigenvalue weighted by atomic mass is 79.9. The number of aryl methyl sites for hydroxylation is 1. The molecule has 20 heavy (non-hydrogen) atoms. The molecule has 0 aliphatic heterocycles. The van der Waals surface area contributed by atoms with Crippen molar-refractivity contribution in [2.45, 2.75) is 13.5 Å². The van der Waals surface area contributed by atoms with Gasteiger partial charge in [0.25, 0.3) is 0 Å². The van der Waals surface area contributed by atoms with Gasteiger partial charge in [-0.3, -0.25) is 4.98 Å². The predicted octanol–water partition coefficient (Wildman–Crippen LogP) is 3.42. The minimum atomic E-state index is 0.403. The fourth-order valence-corrected chi connectivity index (χ4v) is 2.79. The van der Waals surface area contributed by atoms with E-state index < -0.39 is 0 Å². The first-order valence-electron chi connectivity index (χ1n) is 6.20. The molecule has 0 spiro atoms. The largest absolute Gasteiger partial charge is 0.389 e. The molecule has 0 amide bonds. The maximum absolute atomic E-state index is 5.64. The third kappa shape index (κ3) is 3.55. The molecule has 0 aliphatic rings. The maximum Gasteiger partial charge on any atom is 0.104 e. The van der Waals surface area contributed by atoms with Crippen molar-refractivity contribution in [1.29, 1.82) is 0 Å². The molecule has 2 rings (SSSR count). The predicted molar refractivity (Wildman–Crippen MR) is 91.1 cm³/mol. The first kappa shape index (κ1) is 14.9. The fraction of sp³-hybridized carbons (Fsp3) is 0.200. The quantitative estimate of drug-likeness (QED) is 0.858. The lowest BCUT2D eigenvalue weighted by molar-refractivity contribution is 0.875. The summed E-state index contributed by atoms with van der Waals surface area (Å²) in [6.45, 7) is 2.74. The van der Waals surface area contributed by atoms with Crippen LogP contribution in [0.25, 0.3) is 0 Å². The van der Waals surface area contributed by atoms with E-state index in [-0.39, 0.29) is 0 Å². The Balaban J connectivity index is 2.21. The second-order valence-corrected chi connectivity index (χ2v) is 5.95. The van der Waals surface area contributed by atoms with Gasteiger partial charge in [0.05, 0.1) is 17.9 Å². The Labute approximate surface area is 132 Å². The van der Waals surface area contributed by atoms with Crippen LogP contribution in [0.1, 0.15) is 17.0 Å². The molecule has 104 valence electrons. The molecule has 1 aromatic carbocycles. The van der Waals surface area contributed by atoms with Crippen molar-refractivity contribution in [3.8, 4) is 0 Å². The SMILES string of the molecule is Cc1cccc(CN(C)c2ccc(C(N)=S)cc2Br)n1. The summed E-state index contributed by atoms with van der Waals surface area (Å²) < 4.78 is 0.970. The molecule has 0 unspecified atom stereocenters. The van der Waals surface area contributed by atoms with E-state index in [0.717, 1.165) is 33.7 Å². The van der Waals surface area contributed by atoms with Crippen LogP contribution in [0.4, 0.5) is 5.69 Å². The number of hydrogen-bond acceptors (Lipinski definition) is 3. The van der Waals surface area contributed by atoms with Crippen LogP contribution < -0.4 is 10.6 Å². The van der Waals surface area contributed by atoms with Crippen molar-refractivity contribution in [1.82, 2.24) is 4.98 Å². The van der Waals surface area contributed by atoms with E-state index in [9.17, 15) is 0 Å². The van der Waals surface area contributed by atoms with Crippen LogP contribution in [0.2, 0.25) is 0 Å². The topological polar surface area (TPSA) is 42.1 Å². The molecule has 0 radical (unpaired) electrons. The molecule has 3 nitrogen and oxygen atoms in total. The number of halogens is 1. The van der Waals surface area contributed by atoms with Crippen molar-refractivity contribution in [3.63, 3.8) is 0 Å². The van der Waals surface area contributed by atoms with Crippen LogP contribution in [-0.2, 0) is 6.54 Å². The van der Waals surface area contributed by atoms with Gasteiger partial charge >= 0.3 is 0 Å². The molecule has 0 aliphatic carbocycles. The third-order valence-electron chi connectivity index (χ3n) is 2.99. The van der Waals surface area contributed by atoms with Crippen molar-refractivity contribution in [3.05, 3.63) is 57.8 Å². The van der Waals surface area contributed by atoms with E-state index >= 15 is 0 Å². The molecule has 5 heteroatoms. The Morgan fingerprint density at radius 1 is 1.35 bits per heavy atom. The Morgan fingerprint density at radius 2 is 2.10 bits per heavy atom. The molecule has 0 atom stereocenters. The number of nitrogens with zero attached hydrogens (tertiary/aromatic N) is 2. The Bertz CT molecular complexity index is 643. The average molecular weight is 350 g/mol. The highest BCUT2D eigenvalue weighted by Gasteiger charge is 2.09. The van der Waals surface area contributed by atoms with Gasteiger partial charge in [-0.05, 0) is 53.2 Å². The van der Waals surface area contributed by atoms with E-state index in [1.165, 1.54) is 0 Å². The Morgan fingerprint density at radius 3 is 2.70 bits per heavy atom. The van der Waals surface area contributed by atoms with Gasteiger partial charge in [0, 0.05) is 22.8 Å². The van der Waals surface area contributed by atoms with E-state index in [0.29, 0.717) is 4.99 Å². The van der Waals surface area contributed by atoms with E-state index in [4.69, 9.17) is 18.0 Å². The molecule has 0 bridgehead atoms. The Kier molecular flexibility index (Phi) is 4.73. The number of rotatable bonds is 4. The van der Waals surface area contributed by atoms with Gasteiger partial charge in [-0.25, -0.2) is 0 Å². The highest BCUT2D eigenvalue weighted by Crippen LogP contribution is 2.27. The zero-order chi connectivity index (χ0) is 14.7. The lowest BCUT2D eigenvalue weighted by atomic mass is 10.2. The number of anilines is 1. The van der Waals surface area contributed by atoms with Crippen LogP contribution in [-0.4, -0.2) is 17.0 Å². The Hall–Kier alpha value is -1.46. The number of nitrogens with two attached hydrogens (primary N) is 1. The van der Waals surface area contributed by atoms with Gasteiger partial charge in [-0.2, -0.15) is 0 Å². The van der Waals surface area contributed by atoms with Crippen LogP contribution in [0.5, 0.6) is 0 Å². The monoisotopic (exact) mass is 349 g/mol. The molecule has 0 saturated carbocycles. The highest BCUT2D eigenvalue weighted by molar-refractivity contribution is 9.10. The summed E-state index contributed by atoms with van der Waals surface area (Å²) in [5.41, 5.74) is 9.64. The van der Waals surface area contributed by atoms with Crippen LogP contribution in [0.15, 0.2) is 40.9 Å². The van der Waals surface area contributed by atoms with Crippen LogP contribution in [0.3, 0.4) is 0 Å². The summed E-state index contributed by atoms with van der Waals surface area (Å²) in [4.78, 5) is 7.05. The maximum atomic E-state index is 5.64. The van der Waals surface area contributed by atoms with Crippen molar-refractivity contribution < 1.29 is 0 Å². The summed E-state index contributed by atoms with van der Waals surface area (Å²) in [6.07, 6.45) is 0. The summed E-state index contributed by atoms with van der Waals surface area (Å²) in [7, 11) is 2.03. The van der Waals surface area contributed by atoms with Crippen molar-refractivity contribution >= 4 is 38.8 Å². The van der Waals surface area contributed by atoms with Gasteiger partial charge in [0.1, 0.15) is 4.99 Å². The van der Waals surface area contributed by atoms with Gasteiger partial charge in [0.2, 0.25) is 0 Å². The van der Waals surface area contributed by atoms with Gasteiger partial charge in [-0.1, -0.05) is 18.3 Å². The van der Waals surface area contributed by atoms with E-state index in [1.807, 2.05) is 50.4 Å². The smallest absolute Gasteiger partial charge is 0.104 e. The summed E-state index contributed by atoms with van der Waals surface area (Å²) in [6, 6.07) is 11.9. The second-order valence-electron chi connectivity index (χ2n) is 4.66. The number of pyridine rings is 1. The summed E-state index contributed by atoms with van der Waals surface area (Å²) in [5, 5.41) is 0. The average Bonchev–Trinajstić information content (AvgIpc) is 2.38. The minimum Gasteiger partial charge on any atom is -0.389 e. The lowest BCUT2D eigenvalue weighted by Crippen LogP contribution is -2.18. The number of hydrogen-bond donors (Lipinski definition) is 1. The number of benzene rings is 1. The molecular weight excluding hydrogens is 334 g/mol. The number of aromatic nitrogens is 1. The number of thiocarbonyl (C=S) groups is 1. The molecular formula is C15H16BrN3S. The van der Waals surface area contributed by atoms with Crippen LogP contribution >= 0.6 is 28.1 Å². The third-order valence-corrected chi connectivity index (χ3v) is 3.86. The molecule has 1 heterocycles. The molecule has 2 N–H and O–H groups in total. The second kappa shape index (κ2) is 6.33. The van der Waals surface area contributed by atoms with Crippen LogP contribution in [0, 0.1) is 6.92 Å². The molecule has 0 saturated heterocycles. The standard InChI is InChI=1S/C15H16BrN3S/c1-10-4-3-5-12(18-10)9-19(2)14-7-6-11(15(17)20)8-13(14)16/h3-8H,9H2,1-2H3,(H2,17,20). The zero-order valence-electron chi connectivity index (χ0n) is 11.4. The lowest BCUT2D eigenvalue weighted by Gasteiger charge is -2.21. The zero-order valence-corrected chi connectivity index (χ0v) is 13.8. The normalized spacial score (nSPS) is 10.3. The first-order valence-corrected chi connectivity index (χ1v) is 7.40. The molecule has 2 aromatic rings. The minimum absolute atomic E-state index is 0.403. The molecule has 0 fully saturated rings.